The Bertz CT molecular complexity index is 612. The fourth-order valence-electron chi connectivity index (χ4n) is 1.78. The number of hydrogen-bond acceptors (Lipinski definition) is 3. The van der Waals surface area contributed by atoms with E-state index in [-0.39, 0.29) is 10.7 Å². The van der Waals surface area contributed by atoms with Crippen LogP contribution in [0.1, 0.15) is 25.3 Å². The number of aryl methyl sites for hydroxylation is 1. The van der Waals surface area contributed by atoms with E-state index in [1.165, 1.54) is 11.3 Å². The lowest BCUT2D eigenvalue weighted by Crippen LogP contribution is -2.22. The molecular weight excluding hydrogens is 392 g/mol. The van der Waals surface area contributed by atoms with Gasteiger partial charge in [-0.3, -0.25) is 4.79 Å². The molecule has 2 rings (SSSR count). The summed E-state index contributed by atoms with van der Waals surface area (Å²) in [6.45, 7) is 4.07. The van der Waals surface area contributed by atoms with Gasteiger partial charge < -0.3 is 5.32 Å². The lowest BCUT2D eigenvalue weighted by Gasteiger charge is -2.06. The minimum Gasteiger partial charge on any atom is -0.301 e. The summed E-state index contributed by atoms with van der Waals surface area (Å²) in [5.41, 5.74) is 2.05. The Kier molecular flexibility index (Phi) is 4.97. The van der Waals surface area contributed by atoms with Crippen LogP contribution >= 0.6 is 43.2 Å². The molecule has 1 N–H and O–H groups in total. The van der Waals surface area contributed by atoms with Gasteiger partial charge in [-0.1, -0.05) is 56.5 Å². The highest BCUT2D eigenvalue weighted by Crippen LogP contribution is 2.31. The van der Waals surface area contributed by atoms with Crippen LogP contribution in [0.25, 0.3) is 10.2 Å². The summed E-state index contributed by atoms with van der Waals surface area (Å²) < 4.78 is 2.10. The zero-order valence-corrected chi connectivity index (χ0v) is 14.7. The van der Waals surface area contributed by atoms with Gasteiger partial charge in [0.15, 0.2) is 5.13 Å². The highest BCUT2D eigenvalue weighted by molar-refractivity contribution is 9.10. The number of aromatic nitrogens is 1. The largest absolute Gasteiger partial charge is 0.301 e. The fraction of sp³-hybridized carbons (Fsp3) is 0.385. The molecule has 0 saturated heterocycles. The third-order valence-electron chi connectivity index (χ3n) is 2.71. The number of benzene rings is 1. The topological polar surface area (TPSA) is 42.0 Å². The van der Waals surface area contributed by atoms with Gasteiger partial charge in [-0.2, -0.15) is 0 Å². The van der Waals surface area contributed by atoms with Crippen LogP contribution in [-0.2, 0) is 4.79 Å². The summed E-state index contributed by atoms with van der Waals surface area (Å²) in [5, 5.41) is 3.52. The second kappa shape index (κ2) is 6.33. The zero-order valence-electron chi connectivity index (χ0n) is 10.7. The van der Waals surface area contributed by atoms with Gasteiger partial charge >= 0.3 is 0 Å². The second-order valence-electron chi connectivity index (χ2n) is 4.33. The number of halogens is 2. The molecule has 0 spiro atoms. The number of alkyl halides is 1. The van der Waals surface area contributed by atoms with Gasteiger partial charge in [0.05, 0.1) is 15.0 Å². The van der Waals surface area contributed by atoms with Crippen LogP contribution in [0.5, 0.6) is 0 Å². The fourth-order valence-corrected chi connectivity index (χ4v) is 4.06. The van der Waals surface area contributed by atoms with Crippen molar-refractivity contribution in [2.45, 2.75) is 31.5 Å². The lowest BCUT2D eigenvalue weighted by molar-refractivity contribution is -0.115. The average Bonchev–Trinajstić information content (AvgIpc) is 2.72. The van der Waals surface area contributed by atoms with E-state index in [4.69, 9.17) is 0 Å². The van der Waals surface area contributed by atoms with Gasteiger partial charge in [0.1, 0.15) is 0 Å². The number of amides is 1. The molecule has 0 unspecified atom stereocenters. The maximum absolute atomic E-state index is 11.9. The second-order valence-corrected chi connectivity index (χ2v) is 7.39. The monoisotopic (exact) mass is 404 g/mol. The Morgan fingerprint density at radius 3 is 2.95 bits per heavy atom. The van der Waals surface area contributed by atoms with Gasteiger partial charge in [0, 0.05) is 4.47 Å². The Morgan fingerprint density at radius 2 is 2.26 bits per heavy atom. The van der Waals surface area contributed by atoms with Gasteiger partial charge in [-0.05, 0) is 31.0 Å². The minimum atomic E-state index is -0.155. The lowest BCUT2D eigenvalue weighted by atomic mass is 10.2. The molecule has 0 aliphatic heterocycles. The molecule has 0 saturated carbocycles. The molecule has 1 aromatic carbocycles. The van der Waals surface area contributed by atoms with Crippen LogP contribution in [0.4, 0.5) is 5.13 Å². The Balaban J connectivity index is 2.22. The molecule has 1 aromatic heterocycles. The van der Waals surface area contributed by atoms with Crippen LogP contribution in [0, 0.1) is 6.92 Å². The van der Waals surface area contributed by atoms with Gasteiger partial charge in [0.25, 0.3) is 0 Å². The predicted octanol–water partition coefficient (Wildman–Crippen LogP) is 4.87. The molecule has 1 atom stereocenters. The van der Waals surface area contributed by atoms with Crippen molar-refractivity contribution in [3.8, 4) is 0 Å². The maximum Gasteiger partial charge on any atom is 0.239 e. The Labute approximate surface area is 133 Å². The third-order valence-corrected chi connectivity index (χ3v) is 4.96. The number of carbonyl (C=O) groups is 1. The Morgan fingerprint density at radius 1 is 1.53 bits per heavy atom. The number of nitrogens with zero attached hydrogens (tertiary/aromatic N) is 1. The minimum absolute atomic E-state index is 0.0300. The van der Waals surface area contributed by atoms with Crippen LogP contribution < -0.4 is 5.32 Å². The molecule has 0 bridgehead atoms. The molecule has 19 heavy (non-hydrogen) atoms. The first kappa shape index (κ1) is 14.9. The molecule has 0 fully saturated rings. The molecule has 2 aromatic rings. The normalized spacial score (nSPS) is 12.6. The SMILES string of the molecule is CCC[C@H](Br)C(=O)Nc1nc2c(C)cc(Br)cc2s1. The predicted molar refractivity (Wildman–Crippen MR) is 88.3 cm³/mol. The first-order valence-electron chi connectivity index (χ1n) is 6.03. The smallest absolute Gasteiger partial charge is 0.239 e. The van der Waals surface area contributed by atoms with Gasteiger partial charge in [0.2, 0.25) is 5.91 Å². The maximum atomic E-state index is 11.9. The number of rotatable bonds is 4. The number of hydrogen-bond donors (Lipinski definition) is 1. The number of nitrogens with one attached hydrogen (secondary N) is 1. The molecule has 102 valence electrons. The molecule has 0 radical (unpaired) electrons. The van der Waals surface area contributed by atoms with Gasteiger partial charge in [-0.15, -0.1) is 0 Å². The number of anilines is 1. The summed E-state index contributed by atoms with van der Waals surface area (Å²) in [6, 6.07) is 4.05. The van der Waals surface area contributed by atoms with E-state index < -0.39 is 0 Å². The van der Waals surface area contributed by atoms with Crippen LogP contribution in [0.3, 0.4) is 0 Å². The number of fused-ring (bicyclic) bond motifs is 1. The number of thiazole rings is 1. The first-order chi connectivity index (χ1) is 9.01. The highest BCUT2D eigenvalue weighted by Gasteiger charge is 2.16. The zero-order chi connectivity index (χ0) is 14.0. The van der Waals surface area contributed by atoms with Crippen molar-refractivity contribution in [3.05, 3.63) is 22.2 Å². The summed E-state index contributed by atoms with van der Waals surface area (Å²) >= 11 is 8.35. The van der Waals surface area contributed by atoms with Crippen molar-refractivity contribution in [3.63, 3.8) is 0 Å². The van der Waals surface area contributed by atoms with Crippen molar-refractivity contribution >= 4 is 64.5 Å². The molecule has 0 aliphatic rings. The summed E-state index contributed by atoms with van der Waals surface area (Å²) in [5.74, 6) is -0.0300. The van der Waals surface area contributed by atoms with Crippen LogP contribution in [-0.4, -0.2) is 15.7 Å². The molecule has 1 amide bonds. The summed E-state index contributed by atoms with van der Waals surface area (Å²) in [6.07, 6.45) is 1.79. The first-order valence-corrected chi connectivity index (χ1v) is 8.55. The average molecular weight is 406 g/mol. The molecule has 3 nitrogen and oxygen atoms in total. The molecule has 6 heteroatoms. The van der Waals surface area contributed by atoms with Crippen molar-refractivity contribution < 1.29 is 4.79 Å². The van der Waals surface area contributed by atoms with Crippen molar-refractivity contribution in [2.24, 2.45) is 0 Å². The van der Waals surface area contributed by atoms with Gasteiger partial charge in [-0.25, -0.2) is 4.98 Å². The van der Waals surface area contributed by atoms with Crippen molar-refractivity contribution in [1.29, 1.82) is 0 Å². The molecule has 1 heterocycles. The van der Waals surface area contributed by atoms with Crippen LogP contribution in [0.15, 0.2) is 16.6 Å². The van der Waals surface area contributed by atoms with E-state index in [1.807, 2.05) is 19.1 Å². The third kappa shape index (κ3) is 3.55. The molecule has 0 aliphatic carbocycles. The Hall–Kier alpha value is -0.460. The quantitative estimate of drug-likeness (QED) is 0.737. The van der Waals surface area contributed by atoms with Crippen molar-refractivity contribution in [2.75, 3.05) is 5.32 Å². The summed E-state index contributed by atoms with van der Waals surface area (Å²) in [4.78, 5) is 16.3. The van der Waals surface area contributed by atoms with E-state index in [1.54, 1.807) is 0 Å². The number of carbonyl (C=O) groups excluding carboxylic acids is 1. The molecular formula is C13H14Br2N2OS. The van der Waals surface area contributed by atoms with Crippen LogP contribution in [0.2, 0.25) is 0 Å². The highest BCUT2D eigenvalue weighted by atomic mass is 79.9. The van der Waals surface area contributed by atoms with E-state index >= 15 is 0 Å². The standard InChI is InChI=1S/C13H14Br2N2OS/c1-3-4-9(15)12(18)17-13-16-11-7(2)5-8(14)6-10(11)19-13/h5-6,9H,3-4H2,1-2H3,(H,16,17,18)/t9-/m0/s1. The van der Waals surface area contributed by atoms with E-state index in [2.05, 4.69) is 49.1 Å². The van der Waals surface area contributed by atoms with E-state index in [0.29, 0.717) is 5.13 Å². The van der Waals surface area contributed by atoms with E-state index in [9.17, 15) is 4.79 Å². The van der Waals surface area contributed by atoms with Crippen molar-refractivity contribution in [1.82, 2.24) is 4.98 Å². The van der Waals surface area contributed by atoms with E-state index in [0.717, 1.165) is 33.1 Å². The summed E-state index contributed by atoms with van der Waals surface area (Å²) in [7, 11) is 0.